The van der Waals surface area contributed by atoms with Gasteiger partial charge in [0.05, 0.1) is 70.4 Å². The summed E-state index contributed by atoms with van der Waals surface area (Å²) in [5, 5.41) is 26.9. The fraction of sp³-hybridized carbons (Fsp3) is 0.515. The van der Waals surface area contributed by atoms with Crippen LogP contribution < -0.4 is 34.2 Å². The van der Waals surface area contributed by atoms with Gasteiger partial charge in [0.2, 0.25) is 5.88 Å². The highest BCUT2D eigenvalue weighted by Crippen LogP contribution is 2.54. The van der Waals surface area contributed by atoms with E-state index < -0.39 is 43.1 Å². The molecule has 2 aromatic heterocycles. The van der Waals surface area contributed by atoms with Gasteiger partial charge >= 0.3 is 0 Å². The van der Waals surface area contributed by atoms with Crippen LogP contribution in [0.3, 0.4) is 0 Å². The Morgan fingerprint density at radius 1 is 0.909 bits per heavy atom. The van der Waals surface area contributed by atoms with Crippen molar-refractivity contribution in [1.82, 2.24) is 24.5 Å². The smallest absolute Gasteiger partial charge is 0.293 e. The number of H-pyrrole nitrogens is 1. The van der Waals surface area contributed by atoms with Crippen LogP contribution in [0.25, 0.3) is 11.0 Å². The Morgan fingerprint density at radius 2 is 1.70 bits per heavy atom. The molecule has 2 aliphatic carbocycles. The number of aliphatic hydroxyl groups is 1. The normalized spacial score (nSPS) is 25.2. The maximum Gasteiger partial charge on any atom is 0.293 e. The van der Waals surface area contributed by atoms with E-state index >= 15 is 4.39 Å². The van der Waals surface area contributed by atoms with Crippen molar-refractivity contribution in [3.63, 3.8) is 0 Å². The first-order chi connectivity index (χ1) is 42.4. The van der Waals surface area contributed by atoms with Crippen molar-refractivity contribution in [2.75, 3.05) is 92.3 Å². The molecule has 7 heterocycles. The fourth-order valence-corrected chi connectivity index (χ4v) is 15.9. The lowest BCUT2D eigenvalue weighted by atomic mass is 9.59. The largest absolute Gasteiger partial charge is 0.491 e. The molecule has 4 atom stereocenters. The Labute approximate surface area is 513 Å². The Hall–Kier alpha value is -7.08. The summed E-state index contributed by atoms with van der Waals surface area (Å²) in [5.74, 6) is 0.326. The molecule has 0 unspecified atom stereocenters. The average Bonchev–Trinajstić information content (AvgIpc) is 0.988. The van der Waals surface area contributed by atoms with E-state index in [1.54, 1.807) is 18.3 Å². The topological polar surface area (TPSA) is 220 Å². The monoisotopic (exact) mass is 1220 g/mol. The van der Waals surface area contributed by atoms with Gasteiger partial charge in [0.25, 0.3) is 21.6 Å². The highest BCUT2D eigenvalue weighted by Gasteiger charge is 2.51. The van der Waals surface area contributed by atoms with Crippen LogP contribution in [0, 0.1) is 27.3 Å². The molecule has 468 valence electrons. The number of aromatic amines is 1. The zero-order valence-electron chi connectivity index (χ0n) is 50.7. The van der Waals surface area contributed by atoms with Crippen LogP contribution in [0.4, 0.5) is 38.5 Å². The zero-order chi connectivity index (χ0) is 61.1. The molecular weight excluding hydrogens is 1140 g/mol. The van der Waals surface area contributed by atoms with Gasteiger partial charge in [-0.3, -0.25) is 24.7 Å². The Bertz CT molecular complexity index is 3670. The summed E-state index contributed by atoms with van der Waals surface area (Å²) in [6.07, 6.45) is 8.67. The number of anilines is 5. The van der Waals surface area contributed by atoms with E-state index in [2.05, 4.69) is 84.6 Å². The zero-order valence-corrected chi connectivity index (χ0v) is 51.5. The second-order valence-corrected chi connectivity index (χ2v) is 27.9. The van der Waals surface area contributed by atoms with E-state index in [0.29, 0.717) is 93.3 Å². The number of halogens is 1. The number of carbonyl (C=O) groups is 1. The van der Waals surface area contributed by atoms with Gasteiger partial charge in [0.15, 0.2) is 0 Å². The number of carbonyl (C=O) groups excluding carboxylic acids is 1. The van der Waals surface area contributed by atoms with Gasteiger partial charge in [-0.05, 0) is 163 Å². The number of amides is 1. The third-order valence-electron chi connectivity index (χ3n) is 19.8. The van der Waals surface area contributed by atoms with Gasteiger partial charge in [0, 0.05) is 99.9 Å². The van der Waals surface area contributed by atoms with Crippen molar-refractivity contribution >= 4 is 61.1 Å². The lowest BCUT2D eigenvalue weighted by Gasteiger charge is -2.58. The number of fused-ring (bicyclic) bond motifs is 3. The number of hydrogen-bond donors (Lipinski definition) is 4. The predicted octanol–water partition coefficient (Wildman–Crippen LogP) is 10.1. The molecule has 6 fully saturated rings. The maximum absolute atomic E-state index is 15.9. The molecular formula is C66H81FN10O10S. The molecule has 20 nitrogen and oxygen atoms in total. The Morgan fingerprint density at radius 3 is 2.48 bits per heavy atom. The number of para-hydroxylation sites is 1. The molecule has 4 N–H and O–H groups in total. The summed E-state index contributed by atoms with van der Waals surface area (Å²) in [6.45, 7) is 15.6. The summed E-state index contributed by atoms with van der Waals surface area (Å²) < 4.78 is 71.4. The van der Waals surface area contributed by atoms with E-state index in [-0.39, 0.29) is 59.2 Å². The van der Waals surface area contributed by atoms with Gasteiger partial charge in [-0.2, -0.15) is 4.98 Å². The SMILES string of the molecule is CC(C)Oc1ccccc1[C@H]1CN(Cc2ccc(N3CCOC[C@H]3C)c(F)c2)CCN1C1CC2(CCN(c3ccc(C(=O)NS(=O)(=O)c4ccc(NC[C@H]5CC[C@](C)(O)CC5)c([N+](=O)[O-])c4)c(N4c5cc6cc[nH]c6nc5O[C@H]5COCC[C@@H]54)c3)CC2)C1. The summed E-state index contributed by atoms with van der Waals surface area (Å²) >= 11 is 0. The number of nitro benzene ring substituents is 1. The summed E-state index contributed by atoms with van der Waals surface area (Å²) in [4.78, 5) is 46.1. The minimum Gasteiger partial charge on any atom is -0.491 e. The molecule has 22 heteroatoms. The summed E-state index contributed by atoms with van der Waals surface area (Å²) in [6, 6.07) is 27.4. The second-order valence-electron chi connectivity index (χ2n) is 26.2. The van der Waals surface area contributed by atoms with Crippen LogP contribution in [0.15, 0.2) is 102 Å². The molecule has 88 heavy (non-hydrogen) atoms. The average molecular weight is 1230 g/mol. The van der Waals surface area contributed by atoms with Crippen LogP contribution in [0.1, 0.15) is 113 Å². The third kappa shape index (κ3) is 12.2. The number of nitro groups is 1. The standard InChI is InChI=1S/C66H81FN10O10S/c1-42(2)86-60-8-6-5-7-50(60)59-39-72(38-45-9-14-54(52(67)31-45)74-28-30-85-40-43(74)3)26-27-75(59)48-35-66(36-48)21-24-73(25-22-66)47-10-12-51(56(33-47)76-55-18-29-84-41-61(55)87-64-58(76)32-46-17-23-68-62(46)70-64)63(78)71-88(82,83)49-11-13-53(57(34-49)77(80)81)69-37-44-15-19-65(4,79)20-16-44/h5-14,17,23,31-34,42-44,48,55,59,61,69,79H,15-16,18-22,24-30,35-41H2,1-4H3,(H,68,70)(H,71,78)/t43-,44-,55+,59-,61+,65-/m1/s1. The number of morpholine rings is 1. The first-order valence-electron chi connectivity index (χ1n) is 31.5. The Balaban J connectivity index is 0.743. The quantitative estimate of drug-likeness (QED) is 0.0523. The number of piperazine rings is 1. The minimum absolute atomic E-state index is 0.00232. The second kappa shape index (κ2) is 24.4. The number of nitrogens with one attached hydrogen (secondary N) is 3. The highest BCUT2D eigenvalue weighted by atomic mass is 32.2. The number of rotatable bonds is 16. The van der Waals surface area contributed by atoms with Crippen molar-refractivity contribution in [3.05, 3.63) is 130 Å². The number of aromatic nitrogens is 2. The fourth-order valence-electron chi connectivity index (χ4n) is 14.9. The van der Waals surface area contributed by atoms with Crippen molar-refractivity contribution in [3.8, 4) is 11.6 Å². The lowest BCUT2D eigenvalue weighted by Crippen LogP contribution is -2.59. The molecule has 4 aromatic carbocycles. The molecule has 1 amide bonds. The molecule has 4 saturated heterocycles. The molecule has 2 saturated carbocycles. The van der Waals surface area contributed by atoms with Crippen LogP contribution >= 0.6 is 0 Å². The first kappa shape index (κ1) is 59.9. The van der Waals surface area contributed by atoms with E-state index in [1.807, 2.05) is 43.3 Å². The van der Waals surface area contributed by atoms with E-state index in [9.17, 15) is 28.4 Å². The van der Waals surface area contributed by atoms with Gasteiger partial charge in [-0.1, -0.05) is 24.3 Å². The third-order valence-corrected chi connectivity index (χ3v) is 21.1. The molecule has 1 spiro atoms. The van der Waals surface area contributed by atoms with E-state index in [1.165, 1.54) is 17.7 Å². The van der Waals surface area contributed by atoms with Crippen molar-refractivity contribution in [2.45, 2.75) is 139 Å². The molecule has 5 aliphatic heterocycles. The number of hydrogen-bond acceptors (Lipinski definition) is 17. The minimum atomic E-state index is -4.66. The molecule has 6 aromatic rings. The predicted molar refractivity (Wildman–Crippen MR) is 335 cm³/mol. The number of nitrogens with zero attached hydrogens (tertiary/aromatic N) is 7. The molecule has 0 radical (unpaired) electrons. The molecule has 13 rings (SSSR count). The first-order valence-corrected chi connectivity index (χ1v) is 32.9. The number of piperidine rings is 1. The van der Waals surface area contributed by atoms with Crippen LogP contribution in [-0.2, 0) is 26.0 Å². The van der Waals surface area contributed by atoms with E-state index in [0.717, 1.165) is 99.7 Å². The van der Waals surface area contributed by atoms with Crippen molar-refractivity contribution < 1.29 is 46.6 Å². The summed E-state index contributed by atoms with van der Waals surface area (Å²) in [5.41, 5.74) is 4.58. The highest BCUT2D eigenvalue weighted by molar-refractivity contribution is 7.90. The Kier molecular flexibility index (Phi) is 16.6. The number of benzene rings is 4. The lowest BCUT2D eigenvalue weighted by molar-refractivity contribution is -0.384. The van der Waals surface area contributed by atoms with Gasteiger partial charge < -0.3 is 49.1 Å². The molecule has 0 bridgehead atoms. The van der Waals surface area contributed by atoms with Crippen molar-refractivity contribution in [2.24, 2.45) is 11.3 Å². The van der Waals surface area contributed by atoms with E-state index in [4.69, 9.17) is 23.9 Å². The number of ether oxygens (including phenoxy) is 4. The van der Waals surface area contributed by atoms with Crippen LogP contribution in [0.2, 0.25) is 0 Å². The van der Waals surface area contributed by atoms with Gasteiger partial charge in [0.1, 0.15) is 34.7 Å². The van der Waals surface area contributed by atoms with Crippen LogP contribution in [-0.4, -0.2) is 152 Å². The van der Waals surface area contributed by atoms with Crippen LogP contribution in [0.5, 0.6) is 11.6 Å². The van der Waals surface area contributed by atoms with Crippen molar-refractivity contribution in [1.29, 1.82) is 0 Å². The maximum atomic E-state index is 15.9. The van der Waals surface area contributed by atoms with Gasteiger partial charge in [-0.25, -0.2) is 17.5 Å². The molecule has 7 aliphatic rings. The number of pyridine rings is 1. The number of sulfonamides is 1. The van der Waals surface area contributed by atoms with Gasteiger partial charge in [-0.15, -0.1) is 0 Å². The summed E-state index contributed by atoms with van der Waals surface area (Å²) in [7, 11) is -4.66.